The Labute approximate surface area is 84.1 Å². The molecular formula is C9H8BrO3-. The third kappa shape index (κ3) is 3.16. The summed E-state index contributed by atoms with van der Waals surface area (Å²) in [7, 11) is 0. The Kier molecular flexibility index (Phi) is 3.45. The van der Waals surface area contributed by atoms with Gasteiger partial charge >= 0.3 is 0 Å². The van der Waals surface area contributed by atoms with Crippen LogP contribution in [-0.4, -0.2) is 11.1 Å². The van der Waals surface area contributed by atoms with Crippen LogP contribution in [-0.2, 0) is 4.79 Å². The zero-order chi connectivity index (χ0) is 9.84. The number of hydrogen-bond donors (Lipinski definition) is 1. The Balaban J connectivity index is 2.76. The van der Waals surface area contributed by atoms with E-state index in [0.29, 0.717) is 5.56 Å². The molecule has 0 aliphatic carbocycles. The van der Waals surface area contributed by atoms with Crippen LogP contribution < -0.4 is 5.11 Å². The zero-order valence-corrected chi connectivity index (χ0v) is 8.32. The molecular weight excluding hydrogens is 236 g/mol. The molecule has 70 valence electrons. The largest absolute Gasteiger partial charge is 0.550 e. The number of carboxylic acid groups (broad SMARTS) is 1. The van der Waals surface area contributed by atoms with E-state index in [0.717, 1.165) is 4.47 Å². The molecule has 3 nitrogen and oxygen atoms in total. The number of carbonyl (C=O) groups is 1. The van der Waals surface area contributed by atoms with Crippen LogP contribution in [0.5, 0.6) is 0 Å². The topological polar surface area (TPSA) is 60.4 Å². The van der Waals surface area contributed by atoms with E-state index in [-0.39, 0.29) is 6.42 Å². The first kappa shape index (κ1) is 10.2. The molecule has 1 unspecified atom stereocenters. The molecule has 0 aliphatic rings. The van der Waals surface area contributed by atoms with Crippen molar-refractivity contribution in [2.45, 2.75) is 12.5 Å². The van der Waals surface area contributed by atoms with Crippen molar-refractivity contribution >= 4 is 21.9 Å². The maximum atomic E-state index is 10.2. The molecule has 0 radical (unpaired) electrons. The van der Waals surface area contributed by atoms with Crippen LogP contribution in [0, 0.1) is 0 Å². The van der Waals surface area contributed by atoms with Crippen molar-refractivity contribution in [3.05, 3.63) is 34.3 Å². The van der Waals surface area contributed by atoms with Crippen LogP contribution >= 0.6 is 15.9 Å². The van der Waals surface area contributed by atoms with E-state index < -0.39 is 12.1 Å². The van der Waals surface area contributed by atoms with Crippen molar-refractivity contribution in [2.24, 2.45) is 0 Å². The summed E-state index contributed by atoms with van der Waals surface area (Å²) in [6.07, 6.45) is -1.38. The first-order valence-corrected chi connectivity index (χ1v) is 4.52. The summed E-state index contributed by atoms with van der Waals surface area (Å²) >= 11 is 3.22. The molecule has 0 aromatic heterocycles. The molecule has 1 atom stereocenters. The Bertz CT molecular complexity index is 311. The zero-order valence-electron chi connectivity index (χ0n) is 6.74. The van der Waals surface area contributed by atoms with Crippen LogP contribution in [0.25, 0.3) is 0 Å². The van der Waals surface area contributed by atoms with E-state index in [9.17, 15) is 15.0 Å². The molecule has 0 aliphatic heterocycles. The summed E-state index contributed by atoms with van der Waals surface area (Å²) in [5.41, 5.74) is 0.568. The summed E-state index contributed by atoms with van der Waals surface area (Å²) in [4.78, 5) is 10.2. The average molecular weight is 244 g/mol. The maximum Gasteiger partial charge on any atom is 0.0842 e. The van der Waals surface area contributed by atoms with Crippen molar-refractivity contribution in [3.8, 4) is 0 Å². The second-order valence-corrected chi connectivity index (χ2v) is 3.56. The summed E-state index contributed by atoms with van der Waals surface area (Å²) in [6.45, 7) is 0. The number of halogens is 1. The highest BCUT2D eigenvalue weighted by atomic mass is 79.9. The molecule has 1 aromatic rings. The number of aliphatic carboxylic acids is 1. The standard InChI is InChI=1S/C9H9BrO3/c10-7-3-1-2-6(4-7)8(11)5-9(12)13/h1-4,8,11H,5H2,(H,12,13)/p-1. The molecule has 1 aromatic carbocycles. The Morgan fingerprint density at radius 3 is 2.85 bits per heavy atom. The van der Waals surface area contributed by atoms with Crippen molar-refractivity contribution in [2.75, 3.05) is 0 Å². The van der Waals surface area contributed by atoms with E-state index in [4.69, 9.17) is 0 Å². The van der Waals surface area contributed by atoms with E-state index in [1.165, 1.54) is 0 Å². The van der Waals surface area contributed by atoms with Crippen molar-refractivity contribution in [1.82, 2.24) is 0 Å². The Morgan fingerprint density at radius 1 is 1.62 bits per heavy atom. The molecule has 0 saturated carbocycles. The number of aliphatic hydroxyl groups is 1. The molecule has 0 amide bonds. The normalized spacial score (nSPS) is 12.5. The summed E-state index contributed by atoms with van der Waals surface area (Å²) in [5, 5.41) is 19.6. The predicted octanol–water partition coefficient (Wildman–Crippen LogP) is 0.622. The molecule has 1 N–H and O–H groups in total. The van der Waals surface area contributed by atoms with Gasteiger partial charge in [0.1, 0.15) is 0 Å². The van der Waals surface area contributed by atoms with Crippen LogP contribution in [0.15, 0.2) is 28.7 Å². The van der Waals surface area contributed by atoms with Crippen molar-refractivity contribution < 1.29 is 15.0 Å². The molecule has 4 heteroatoms. The van der Waals surface area contributed by atoms with Gasteiger partial charge in [0.15, 0.2) is 0 Å². The molecule has 0 heterocycles. The van der Waals surface area contributed by atoms with Gasteiger partial charge in [0.2, 0.25) is 0 Å². The minimum Gasteiger partial charge on any atom is -0.550 e. The number of rotatable bonds is 3. The predicted molar refractivity (Wildman–Crippen MR) is 48.7 cm³/mol. The second-order valence-electron chi connectivity index (χ2n) is 2.65. The molecule has 0 bridgehead atoms. The van der Waals surface area contributed by atoms with Gasteiger partial charge in [-0.05, 0) is 17.7 Å². The lowest BCUT2D eigenvalue weighted by atomic mass is 10.1. The summed E-state index contributed by atoms with van der Waals surface area (Å²) in [5.74, 6) is -1.26. The van der Waals surface area contributed by atoms with Gasteiger partial charge in [-0.25, -0.2) is 0 Å². The lowest BCUT2D eigenvalue weighted by Crippen LogP contribution is -2.24. The average Bonchev–Trinajstić information content (AvgIpc) is 2.03. The fourth-order valence-electron chi connectivity index (χ4n) is 0.990. The van der Waals surface area contributed by atoms with E-state index in [2.05, 4.69) is 15.9 Å². The molecule has 0 fully saturated rings. The maximum absolute atomic E-state index is 10.2. The van der Waals surface area contributed by atoms with Gasteiger partial charge in [-0.1, -0.05) is 28.1 Å². The van der Waals surface area contributed by atoms with Gasteiger partial charge in [0.25, 0.3) is 0 Å². The van der Waals surface area contributed by atoms with Crippen LogP contribution in [0.4, 0.5) is 0 Å². The third-order valence-corrected chi connectivity index (χ3v) is 2.09. The highest BCUT2D eigenvalue weighted by Crippen LogP contribution is 2.19. The number of carbonyl (C=O) groups excluding carboxylic acids is 1. The Morgan fingerprint density at radius 2 is 2.31 bits per heavy atom. The SMILES string of the molecule is O=C([O-])CC(O)c1cccc(Br)c1. The van der Waals surface area contributed by atoms with Gasteiger partial charge < -0.3 is 15.0 Å². The van der Waals surface area contributed by atoms with Crippen LogP contribution in [0.1, 0.15) is 18.1 Å². The van der Waals surface area contributed by atoms with Crippen LogP contribution in [0.3, 0.4) is 0 Å². The van der Waals surface area contributed by atoms with Crippen molar-refractivity contribution in [1.29, 1.82) is 0 Å². The van der Waals surface area contributed by atoms with E-state index in [1.807, 2.05) is 0 Å². The molecule has 13 heavy (non-hydrogen) atoms. The third-order valence-electron chi connectivity index (χ3n) is 1.59. The monoisotopic (exact) mass is 243 g/mol. The quantitative estimate of drug-likeness (QED) is 0.847. The van der Waals surface area contributed by atoms with Crippen LogP contribution in [0.2, 0.25) is 0 Å². The first-order chi connectivity index (χ1) is 6.09. The van der Waals surface area contributed by atoms with Gasteiger partial charge in [-0.3, -0.25) is 0 Å². The highest BCUT2D eigenvalue weighted by molar-refractivity contribution is 9.10. The number of carboxylic acids is 1. The Hall–Kier alpha value is -0.870. The highest BCUT2D eigenvalue weighted by Gasteiger charge is 2.07. The van der Waals surface area contributed by atoms with Gasteiger partial charge in [-0.2, -0.15) is 0 Å². The van der Waals surface area contributed by atoms with Gasteiger partial charge in [0.05, 0.1) is 6.10 Å². The first-order valence-electron chi connectivity index (χ1n) is 3.73. The fraction of sp³-hybridized carbons (Fsp3) is 0.222. The minimum absolute atomic E-state index is 0.379. The molecule has 1 rings (SSSR count). The molecule has 0 spiro atoms. The number of benzene rings is 1. The number of hydrogen-bond acceptors (Lipinski definition) is 3. The lowest BCUT2D eigenvalue weighted by Gasteiger charge is -2.11. The number of aliphatic hydroxyl groups excluding tert-OH is 1. The second kappa shape index (κ2) is 4.39. The fourth-order valence-corrected chi connectivity index (χ4v) is 1.41. The lowest BCUT2D eigenvalue weighted by molar-refractivity contribution is -0.307. The summed E-state index contributed by atoms with van der Waals surface area (Å²) < 4.78 is 0.808. The van der Waals surface area contributed by atoms with E-state index >= 15 is 0 Å². The smallest absolute Gasteiger partial charge is 0.0842 e. The van der Waals surface area contributed by atoms with Gasteiger partial charge in [0, 0.05) is 16.9 Å². The minimum atomic E-state index is -1.26. The summed E-state index contributed by atoms with van der Waals surface area (Å²) in [6, 6.07) is 6.87. The molecule has 0 saturated heterocycles. The van der Waals surface area contributed by atoms with E-state index in [1.54, 1.807) is 24.3 Å². The van der Waals surface area contributed by atoms with Crippen molar-refractivity contribution in [3.63, 3.8) is 0 Å². The van der Waals surface area contributed by atoms with Gasteiger partial charge in [-0.15, -0.1) is 0 Å².